The maximum atomic E-state index is 13.0. The Labute approximate surface area is 159 Å². The second-order valence-electron chi connectivity index (χ2n) is 7.45. The molecule has 0 saturated carbocycles. The Morgan fingerprint density at radius 2 is 1.85 bits per heavy atom. The number of fused-ring (bicyclic) bond motifs is 4. The first-order chi connectivity index (χ1) is 13.2. The normalized spacial score (nSPS) is 22.9. The van der Waals surface area contributed by atoms with Crippen molar-refractivity contribution >= 4 is 12.0 Å². The van der Waals surface area contributed by atoms with Crippen LogP contribution in [0.3, 0.4) is 0 Å². The topological polar surface area (TPSA) is 36.4 Å². The zero-order chi connectivity index (χ0) is 18.6. The Bertz CT molecular complexity index is 806. The molecule has 0 N–H and O–H groups in total. The van der Waals surface area contributed by atoms with E-state index >= 15 is 0 Å². The van der Waals surface area contributed by atoms with Crippen molar-refractivity contribution in [1.82, 2.24) is 14.8 Å². The van der Waals surface area contributed by atoms with Crippen LogP contribution in [0.15, 0.2) is 54.9 Å². The van der Waals surface area contributed by atoms with Crippen molar-refractivity contribution < 1.29 is 9.18 Å². The fourth-order valence-corrected chi connectivity index (χ4v) is 4.14. The molecular formula is C22H24FN3O. The van der Waals surface area contributed by atoms with E-state index in [-0.39, 0.29) is 11.7 Å². The van der Waals surface area contributed by atoms with E-state index in [1.807, 2.05) is 11.0 Å². The number of hydrogen-bond donors (Lipinski definition) is 0. The minimum absolute atomic E-state index is 0.109. The number of carbonyl (C=O) groups excluding carboxylic acids is 1. The minimum atomic E-state index is -0.212. The minimum Gasteiger partial charge on any atom is -0.337 e. The van der Waals surface area contributed by atoms with Crippen LogP contribution < -0.4 is 0 Å². The van der Waals surface area contributed by atoms with Crippen molar-refractivity contribution in [3.05, 3.63) is 71.8 Å². The molecule has 1 aromatic heterocycles. The smallest absolute Gasteiger partial charge is 0.254 e. The van der Waals surface area contributed by atoms with Gasteiger partial charge in [-0.3, -0.25) is 14.7 Å². The molecule has 0 spiro atoms. The Balaban J connectivity index is 1.41. The maximum Gasteiger partial charge on any atom is 0.254 e. The molecule has 0 radical (unpaired) electrons. The molecule has 4 heterocycles. The highest BCUT2D eigenvalue weighted by Crippen LogP contribution is 2.28. The predicted octanol–water partition coefficient (Wildman–Crippen LogP) is 3.47. The number of amides is 1. The van der Waals surface area contributed by atoms with E-state index in [1.165, 1.54) is 18.6 Å². The summed E-state index contributed by atoms with van der Waals surface area (Å²) in [4.78, 5) is 21.3. The zero-order valence-electron chi connectivity index (χ0n) is 15.3. The highest BCUT2D eigenvalue weighted by molar-refractivity contribution is 5.94. The Kier molecular flexibility index (Phi) is 5.30. The summed E-state index contributed by atoms with van der Waals surface area (Å²) < 4.78 is 13.0. The van der Waals surface area contributed by atoms with Gasteiger partial charge in [0.25, 0.3) is 5.91 Å². The van der Waals surface area contributed by atoms with E-state index in [1.54, 1.807) is 36.7 Å². The first-order valence-corrected chi connectivity index (χ1v) is 9.54. The van der Waals surface area contributed by atoms with Gasteiger partial charge in [-0.05, 0) is 48.6 Å². The van der Waals surface area contributed by atoms with Gasteiger partial charge < -0.3 is 4.90 Å². The van der Waals surface area contributed by atoms with Crippen LogP contribution in [0.25, 0.3) is 6.08 Å². The van der Waals surface area contributed by atoms with E-state index in [4.69, 9.17) is 0 Å². The van der Waals surface area contributed by atoms with Gasteiger partial charge in [0, 0.05) is 50.2 Å². The van der Waals surface area contributed by atoms with Gasteiger partial charge in [0.05, 0.1) is 0 Å². The molecule has 2 bridgehead atoms. The molecule has 140 valence electrons. The largest absolute Gasteiger partial charge is 0.337 e. The summed E-state index contributed by atoms with van der Waals surface area (Å²) >= 11 is 0. The number of piperidine rings is 1. The average molecular weight is 365 g/mol. The molecule has 1 aromatic carbocycles. The van der Waals surface area contributed by atoms with Gasteiger partial charge in [0.1, 0.15) is 5.82 Å². The van der Waals surface area contributed by atoms with E-state index in [0.29, 0.717) is 17.5 Å². The molecule has 2 atom stereocenters. The van der Waals surface area contributed by atoms with Gasteiger partial charge in [-0.15, -0.1) is 0 Å². The van der Waals surface area contributed by atoms with E-state index in [2.05, 4.69) is 16.0 Å². The predicted molar refractivity (Wildman–Crippen MR) is 104 cm³/mol. The molecule has 27 heavy (non-hydrogen) atoms. The number of pyridine rings is 1. The van der Waals surface area contributed by atoms with Crippen LogP contribution in [0.1, 0.15) is 28.8 Å². The lowest BCUT2D eigenvalue weighted by atomic mass is 9.95. The van der Waals surface area contributed by atoms with Crippen LogP contribution in [0.2, 0.25) is 0 Å². The molecule has 1 amide bonds. The van der Waals surface area contributed by atoms with Gasteiger partial charge >= 0.3 is 0 Å². The molecule has 3 saturated heterocycles. The fraction of sp³-hybridized carbons (Fsp3) is 0.364. The van der Waals surface area contributed by atoms with Crippen LogP contribution in [0.4, 0.5) is 4.39 Å². The third kappa shape index (κ3) is 4.25. The molecule has 0 unspecified atom stereocenters. The summed E-state index contributed by atoms with van der Waals surface area (Å²) in [5.41, 5.74) is 1.72. The SMILES string of the molecule is O=C(c1ccncc1)N1C[C@@H]2CC[C@H](C1)N(C/C=C/c1ccc(F)cc1)C2. The van der Waals surface area contributed by atoms with E-state index < -0.39 is 0 Å². The highest BCUT2D eigenvalue weighted by atomic mass is 19.1. The van der Waals surface area contributed by atoms with E-state index in [9.17, 15) is 9.18 Å². The second kappa shape index (κ2) is 8.01. The molecule has 3 fully saturated rings. The van der Waals surface area contributed by atoms with Crippen molar-refractivity contribution in [3.8, 4) is 0 Å². The molecule has 5 heteroatoms. The zero-order valence-corrected chi connectivity index (χ0v) is 15.3. The van der Waals surface area contributed by atoms with Crippen LogP contribution >= 0.6 is 0 Å². The number of benzene rings is 1. The molecular weight excluding hydrogens is 341 g/mol. The van der Waals surface area contributed by atoms with Crippen molar-refractivity contribution in [2.24, 2.45) is 5.92 Å². The fourth-order valence-electron chi connectivity index (χ4n) is 4.14. The third-order valence-corrected chi connectivity index (χ3v) is 5.56. The molecule has 3 aliphatic rings. The number of nitrogens with zero attached hydrogens (tertiary/aromatic N) is 3. The van der Waals surface area contributed by atoms with Crippen LogP contribution in [0, 0.1) is 11.7 Å². The summed E-state index contributed by atoms with van der Waals surface area (Å²) in [6, 6.07) is 10.5. The summed E-state index contributed by atoms with van der Waals surface area (Å²) in [7, 11) is 0. The lowest BCUT2D eigenvalue weighted by molar-refractivity contribution is 0.0740. The van der Waals surface area contributed by atoms with Crippen molar-refractivity contribution in [2.45, 2.75) is 18.9 Å². The van der Waals surface area contributed by atoms with Crippen LogP contribution in [-0.2, 0) is 0 Å². The molecule has 2 aromatic rings. The van der Waals surface area contributed by atoms with Crippen LogP contribution in [-0.4, -0.2) is 52.9 Å². The summed E-state index contributed by atoms with van der Waals surface area (Å²) in [6.07, 6.45) is 9.84. The number of rotatable bonds is 4. The first kappa shape index (κ1) is 17.9. The second-order valence-corrected chi connectivity index (χ2v) is 7.45. The van der Waals surface area contributed by atoms with Gasteiger partial charge in [0.15, 0.2) is 0 Å². The van der Waals surface area contributed by atoms with E-state index in [0.717, 1.165) is 38.2 Å². The van der Waals surface area contributed by atoms with Crippen LogP contribution in [0.5, 0.6) is 0 Å². The highest BCUT2D eigenvalue weighted by Gasteiger charge is 2.36. The monoisotopic (exact) mass is 365 g/mol. The Morgan fingerprint density at radius 1 is 1.07 bits per heavy atom. The summed E-state index contributed by atoms with van der Waals surface area (Å²) in [5, 5.41) is 0. The third-order valence-electron chi connectivity index (χ3n) is 5.56. The van der Waals surface area contributed by atoms with Gasteiger partial charge in [-0.25, -0.2) is 4.39 Å². The standard InChI is InChI=1S/C22H24FN3O/c23-20-6-3-17(4-7-20)2-1-13-25-14-18-5-8-21(25)16-26(15-18)22(27)19-9-11-24-12-10-19/h1-4,6-7,9-12,18,21H,5,8,13-16H2/b2-1+/t18-,21-/m1/s1. The molecule has 5 rings (SSSR count). The van der Waals surface area contributed by atoms with Crippen molar-refractivity contribution in [1.29, 1.82) is 0 Å². The summed E-state index contributed by atoms with van der Waals surface area (Å²) in [6.45, 7) is 3.49. The van der Waals surface area contributed by atoms with Crippen molar-refractivity contribution in [3.63, 3.8) is 0 Å². The maximum absolute atomic E-state index is 13.0. The number of hydrogen-bond acceptors (Lipinski definition) is 3. The molecule has 3 aliphatic heterocycles. The molecule has 4 nitrogen and oxygen atoms in total. The van der Waals surface area contributed by atoms with Gasteiger partial charge in [0.2, 0.25) is 0 Å². The average Bonchev–Trinajstić information content (AvgIpc) is 3.01. The number of carbonyl (C=O) groups is 1. The lowest BCUT2D eigenvalue weighted by Gasteiger charge is -2.35. The number of halogens is 1. The van der Waals surface area contributed by atoms with Gasteiger partial charge in [-0.2, -0.15) is 0 Å². The van der Waals surface area contributed by atoms with Crippen molar-refractivity contribution in [2.75, 3.05) is 26.2 Å². The Hall–Kier alpha value is -2.53. The Morgan fingerprint density at radius 3 is 2.63 bits per heavy atom. The van der Waals surface area contributed by atoms with Gasteiger partial charge in [-0.1, -0.05) is 24.3 Å². The quantitative estimate of drug-likeness (QED) is 0.832. The number of aromatic nitrogens is 1. The first-order valence-electron chi connectivity index (χ1n) is 9.54. The summed E-state index contributed by atoms with van der Waals surface area (Å²) in [5.74, 6) is 0.419. The molecule has 0 aliphatic carbocycles. The lowest BCUT2D eigenvalue weighted by Crippen LogP contribution is -2.44.